The van der Waals surface area contributed by atoms with E-state index in [0.29, 0.717) is 18.2 Å². The summed E-state index contributed by atoms with van der Waals surface area (Å²) in [6.45, 7) is 2.65. The first-order valence-electron chi connectivity index (χ1n) is 18.4. The number of aromatic nitrogens is 7. The van der Waals surface area contributed by atoms with Crippen LogP contribution in [-0.2, 0) is 23.3 Å². The molecule has 0 aliphatic rings. The summed E-state index contributed by atoms with van der Waals surface area (Å²) in [5.74, 6) is 1.11. The molecule has 8 rings (SSSR count). The van der Waals surface area contributed by atoms with Crippen LogP contribution in [0, 0.1) is 0 Å². The van der Waals surface area contributed by atoms with Crippen molar-refractivity contribution >= 4 is 12.0 Å². The number of carboxylic acids is 1. The zero-order valence-electron chi connectivity index (χ0n) is 30.4. The minimum atomic E-state index is -1.01. The Labute approximate surface area is 319 Å². The van der Waals surface area contributed by atoms with E-state index in [4.69, 9.17) is 20.4 Å². The van der Waals surface area contributed by atoms with Crippen LogP contribution in [-0.4, -0.2) is 45.4 Å². The highest BCUT2D eigenvalue weighted by Gasteiger charge is 2.41. The largest absolute Gasteiger partial charge is 0.478 e. The van der Waals surface area contributed by atoms with Gasteiger partial charge in [0.15, 0.2) is 11.4 Å². The summed E-state index contributed by atoms with van der Waals surface area (Å²) in [4.78, 5) is 18.3. The van der Waals surface area contributed by atoms with Gasteiger partial charge in [0.05, 0.1) is 5.69 Å². The lowest BCUT2D eigenvalue weighted by molar-refractivity contribution is -0.131. The number of tetrazole rings is 1. The number of nitrogens with zero attached hydrogens (tertiary/aromatic N) is 7. The van der Waals surface area contributed by atoms with E-state index in [9.17, 15) is 9.90 Å². The van der Waals surface area contributed by atoms with E-state index in [1.807, 2.05) is 102 Å². The van der Waals surface area contributed by atoms with Gasteiger partial charge in [-0.25, -0.2) is 9.78 Å². The van der Waals surface area contributed by atoms with Gasteiger partial charge in [-0.15, -0.1) is 15.0 Å². The first kappa shape index (κ1) is 34.9. The maximum atomic E-state index is 11.6. The fourth-order valence-electron chi connectivity index (χ4n) is 7.32. The Bertz CT molecular complexity index is 2440. The molecule has 270 valence electrons. The van der Waals surface area contributed by atoms with Crippen molar-refractivity contribution in [1.29, 1.82) is 0 Å². The summed E-state index contributed by atoms with van der Waals surface area (Å²) in [5.41, 5.74) is 6.82. The highest BCUT2D eigenvalue weighted by atomic mass is 16.4. The Kier molecular flexibility index (Phi) is 9.82. The van der Waals surface area contributed by atoms with Crippen LogP contribution < -0.4 is 0 Å². The number of carboxylic acid groups (broad SMARTS) is 1. The molecule has 0 saturated carbocycles. The van der Waals surface area contributed by atoms with Crippen molar-refractivity contribution in [3.8, 4) is 28.3 Å². The standard InChI is InChI=1S/C46H39N7O2/c1-2-16-42-47-45(51-31-14-15-32-51)41(29-30-43(54)55)52(42)33-34-25-27-35(28-26-34)39-23-12-13-24-40(39)44-48-50-53(49-44)46(36-17-6-3-7-18-36,37-19-8-4-9-20-37)38-21-10-5-11-22-38/h3-15,17-32H,2,16,33H2,1H3,(H,54,55). The molecule has 0 aliphatic carbocycles. The molecule has 0 bridgehead atoms. The van der Waals surface area contributed by atoms with Gasteiger partial charge in [0, 0.05) is 37.0 Å². The smallest absolute Gasteiger partial charge is 0.328 e. The van der Waals surface area contributed by atoms with Crippen molar-refractivity contribution in [3.05, 3.63) is 204 Å². The van der Waals surface area contributed by atoms with Gasteiger partial charge < -0.3 is 14.2 Å². The van der Waals surface area contributed by atoms with Crippen molar-refractivity contribution in [2.75, 3.05) is 0 Å². The molecule has 0 fully saturated rings. The van der Waals surface area contributed by atoms with Crippen LogP contribution in [0.5, 0.6) is 0 Å². The minimum Gasteiger partial charge on any atom is -0.478 e. The Hall–Kier alpha value is -7.13. The third-order valence-corrected chi connectivity index (χ3v) is 9.83. The number of hydrogen-bond acceptors (Lipinski definition) is 5. The van der Waals surface area contributed by atoms with E-state index in [2.05, 4.69) is 78.2 Å². The summed E-state index contributed by atoms with van der Waals surface area (Å²) in [5, 5.41) is 24.1. The maximum absolute atomic E-state index is 11.6. The van der Waals surface area contributed by atoms with E-state index in [-0.39, 0.29) is 0 Å². The van der Waals surface area contributed by atoms with E-state index < -0.39 is 11.5 Å². The average molecular weight is 722 g/mol. The Morgan fingerprint density at radius 1 is 0.709 bits per heavy atom. The first-order chi connectivity index (χ1) is 27.1. The molecule has 0 saturated heterocycles. The third kappa shape index (κ3) is 6.79. The van der Waals surface area contributed by atoms with Crippen LogP contribution in [0.3, 0.4) is 0 Å². The second kappa shape index (κ2) is 15.5. The van der Waals surface area contributed by atoms with Gasteiger partial charge in [-0.3, -0.25) is 0 Å². The molecule has 0 spiro atoms. The van der Waals surface area contributed by atoms with Gasteiger partial charge >= 0.3 is 5.97 Å². The van der Waals surface area contributed by atoms with Gasteiger partial charge in [0.2, 0.25) is 5.82 Å². The fraction of sp³-hybridized carbons (Fsp3) is 0.109. The number of benzene rings is 5. The van der Waals surface area contributed by atoms with Gasteiger partial charge in [-0.2, -0.15) is 0 Å². The highest BCUT2D eigenvalue weighted by Crippen LogP contribution is 2.40. The fourth-order valence-corrected chi connectivity index (χ4v) is 7.32. The lowest BCUT2D eigenvalue weighted by Gasteiger charge is -2.34. The number of rotatable bonds is 13. The summed E-state index contributed by atoms with van der Waals surface area (Å²) in [6, 6.07) is 51.4. The molecule has 3 aromatic heterocycles. The molecule has 5 aromatic carbocycles. The first-order valence-corrected chi connectivity index (χ1v) is 18.4. The number of imidazole rings is 1. The third-order valence-electron chi connectivity index (χ3n) is 9.83. The summed E-state index contributed by atoms with van der Waals surface area (Å²) >= 11 is 0. The normalized spacial score (nSPS) is 11.7. The molecule has 9 nitrogen and oxygen atoms in total. The zero-order valence-corrected chi connectivity index (χ0v) is 30.4. The topological polar surface area (TPSA) is 104 Å². The molecule has 3 heterocycles. The monoisotopic (exact) mass is 721 g/mol. The minimum absolute atomic E-state index is 0.516. The Balaban J connectivity index is 1.17. The molecule has 0 radical (unpaired) electrons. The Morgan fingerprint density at radius 3 is 1.84 bits per heavy atom. The second-order valence-electron chi connectivity index (χ2n) is 13.3. The number of carbonyl (C=O) groups is 1. The summed E-state index contributed by atoms with van der Waals surface area (Å²) in [7, 11) is 0. The number of aliphatic carboxylic acids is 1. The van der Waals surface area contributed by atoms with Crippen molar-refractivity contribution in [1.82, 2.24) is 34.3 Å². The molecule has 0 aliphatic heterocycles. The van der Waals surface area contributed by atoms with E-state index in [1.165, 1.54) is 6.08 Å². The molecule has 55 heavy (non-hydrogen) atoms. The molecular weight excluding hydrogens is 683 g/mol. The van der Waals surface area contributed by atoms with Crippen molar-refractivity contribution in [3.63, 3.8) is 0 Å². The Morgan fingerprint density at radius 2 is 1.27 bits per heavy atom. The van der Waals surface area contributed by atoms with Crippen LogP contribution in [0.15, 0.2) is 170 Å². The predicted octanol–water partition coefficient (Wildman–Crippen LogP) is 8.93. The van der Waals surface area contributed by atoms with Crippen molar-refractivity contribution < 1.29 is 9.90 Å². The lowest BCUT2D eigenvalue weighted by atomic mass is 9.77. The molecule has 1 N–H and O–H groups in total. The van der Waals surface area contributed by atoms with Gasteiger partial charge in [0.1, 0.15) is 5.82 Å². The molecule has 8 aromatic rings. The summed E-state index contributed by atoms with van der Waals surface area (Å²) < 4.78 is 4.03. The molecule has 0 amide bonds. The molecule has 0 atom stereocenters. The quantitative estimate of drug-likeness (QED) is 0.0942. The SMILES string of the molecule is CCCc1nc(-n2cccc2)c(C=CC(=O)O)n1Cc1ccc(-c2ccccc2-c2nnn(C(c3ccccc3)(c3ccccc3)c3ccccc3)n2)cc1. The summed E-state index contributed by atoms with van der Waals surface area (Å²) in [6.07, 6.45) is 8.31. The molecule has 9 heteroatoms. The predicted molar refractivity (Wildman–Crippen MR) is 215 cm³/mol. The van der Waals surface area contributed by atoms with E-state index in [0.717, 1.165) is 63.3 Å². The van der Waals surface area contributed by atoms with Gasteiger partial charge in [-0.05, 0) is 63.2 Å². The van der Waals surface area contributed by atoms with Gasteiger partial charge in [-0.1, -0.05) is 146 Å². The molecule has 0 unspecified atom stereocenters. The number of hydrogen-bond donors (Lipinski definition) is 1. The van der Waals surface area contributed by atoms with E-state index in [1.54, 1.807) is 10.9 Å². The van der Waals surface area contributed by atoms with Gasteiger partial charge in [0.25, 0.3) is 0 Å². The van der Waals surface area contributed by atoms with Crippen LogP contribution in [0.1, 0.15) is 47.1 Å². The lowest BCUT2D eigenvalue weighted by Crippen LogP contribution is -2.39. The van der Waals surface area contributed by atoms with Crippen molar-refractivity contribution in [2.24, 2.45) is 0 Å². The van der Waals surface area contributed by atoms with Crippen molar-refractivity contribution in [2.45, 2.75) is 31.8 Å². The maximum Gasteiger partial charge on any atom is 0.328 e. The van der Waals surface area contributed by atoms with Crippen LogP contribution in [0.2, 0.25) is 0 Å². The molecular formula is C46H39N7O2. The van der Waals surface area contributed by atoms with Crippen LogP contribution in [0.25, 0.3) is 34.4 Å². The van der Waals surface area contributed by atoms with Crippen LogP contribution in [0.4, 0.5) is 0 Å². The van der Waals surface area contributed by atoms with E-state index >= 15 is 0 Å². The second-order valence-corrected chi connectivity index (χ2v) is 13.3. The van der Waals surface area contributed by atoms with Crippen LogP contribution >= 0.6 is 0 Å². The zero-order chi connectivity index (χ0) is 37.6. The average Bonchev–Trinajstić information content (AvgIpc) is 4.01. The number of aryl methyl sites for hydroxylation is 1. The highest BCUT2D eigenvalue weighted by molar-refractivity contribution is 5.85.